The maximum Gasteiger partial charge on any atom is 0.0849 e. The van der Waals surface area contributed by atoms with Crippen LogP contribution in [0.4, 0.5) is 0 Å². The molecule has 31 heavy (non-hydrogen) atoms. The predicted octanol–water partition coefficient (Wildman–Crippen LogP) is 4.45. The second-order valence-electron chi connectivity index (χ2n) is 12.7. The van der Waals surface area contributed by atoms with Crippen LogP contribution in [0, 0.1) is 40.4 Å². The van der Waals surface area contributed by atoms with Crippen LogP contribution in [0.3, 0.4) is 0 Å². The van der Waals surface area contributed by atoms with E-state index >= 15 is 0 Å². The molecule has 10 atom stereocenters. The zero-order chi connectivity index (χ0) is 22.8. The average Bonchev–Trinajstić information content (AvgIpc) is 3.03. The van der Waals surface area contributed by atoms with Crippen molar-refractivity contribution in [3.05, 3.63) is 11.6 Å². The quantitative estimate of drug-likeness (QED) is 0.482. The van der Waals surface area contributed by atoms with E-state index in [0.717, 1.165) is 19.3 Å². The number of aliphatic hydroxyl groups is 4. The largest absolute Gasteiger partial charge is 0.393 e. The molecule has 0 aromatic heterocycles. The van der Waals surface area contributed by atoms with E-state index in [1.165, 1.54) is 31.3 Å². The number of hydrogen-bond acceptors (Lipinski definition) is 4. The van der Waals surface area contributed by atoms with E-state index < -0.39 is 23.9 Å². The molecule has 0 aromatic rings. The molecule has 0 radical (unpaired) electrons. The minimum Gasteiger partial charge on any atom is -0.393 e. The molecule has 0 bridgehead atoms. The van der Waals surface area contributed by atoms with Crippen molar-refractivity contribution < 1.29 is 20.4 Å². The van der Waals surface area contributed by atoms with Crippen LogP contribution in [0.2, 0.25) is 0 Å². The van der Waals surface area contributed by atoms with Crippen LogP contribution in [0.1, 0.15) is 92.4 Å². The Balaban J connectivity index is 1.50. The third-order valence-electron chi connectivity index (χ3n) is 10.6. The molecule has 0 spiro atoms. The second-order valence-corrected chi connectivity index (χ2v) is 12.7. The summed E-state index contributed by atoms with van der Waals surface area (Å²) >= 11 is 0. The summed E-state index contributed by atoms with van der Waals surface area (Å²) in [5.74, 6) is 3.08. The molecular weight excluding hydrogens is 388 g/mol. The Hall–Kier alpha value is -0.420. The van der Waals surface area contributed by atoms with Crippen LogP contribution in [-0.2, 0) is 0 Å². The van der Waals surface area contributed by atoms with Crippen molar-refractivity contribution in [2.45, 2.75) is 116 Å². The molecule has 178 valence electrons. The normalized spacial score (nSPS) is 47.1. The monoisotopic (exact) mass is 434 g/mol. The first-order valence-corrected chi connectivity index (χ1v) is 12.8. The highest BCUT2D eigenvalue weighted by Gasteiger charge is 2.60. The summed E-state index contributed by atoms with van der Waals surface area (Å²) in [5, 5.41) is 41.7. The smallest absolute Gasteiger partial charge is 0.0849 e. The Labute approximate surface area is 189 Å². The van der Waals surface area contributed by atoms with Crippen molar-refractivity contribution in [3.8, 4) is 0 Å². The topological polar surface area (TPSA) is 80.9 Å². The highest BCUT2D eigenvalue weighted by atomic mass is 16.3. The van der Waals surface area contributed by atoms with E-state index in [9.17, 15) is 20.4 Å². The van der Waals surface area contributed by atoms with Gasteiger partial charge < -0.3 is 20.4 Å². The minimum atomic E-state index is -1.03. The summed E-state index contributed by atoms with van der Waals surface area (Å²) in [6.45, 7) is 10.5. The molecule has 4 N–H and O–H groups in total. The van der Waals surface area contributed by atoms with Gasteiger partial charge in [0.2, 0.25) is 0 Å². The zero-order valence-corrected chi connectivity index (χ0v) is 20.3. The fourth-order valence-electron chi connectivity index (χ4n) is 8.65. The summed E-state index contributed by atoms with van der Waals surface area (Å²) in [4.78, 5) is 0. The molecule has 4 aliphatic carbocycles. The van der Waals surface area contributed by atoms with Crippen LogP contribution >= 0.6 is 0 Å². The van der Waals surface area contributed by atoms with Crippen LogP contribution in [0.15, 0.2) is 11.6 Å². The van der Waals surface area contributed by atoms with E-state index in [1.54, 1.807) is 13.8 Å². The molecule has 3 saturated carbocycles. The van der Waals surface area contributed by atoms with Gasteiger partial charge in [-0.05, 0) is 100 Å². The van der Waals surface area contributed by atoms with Crippen molar-refractivity contribution >= 4 is 0 Å². The molecule has 0 aromatic carbocycles. The van der Waals surface area contributed by atoms with Crippen LogP contribution in [0.5, 0.6) is 0 Å². The lowest BCUT2D eigenvalue weighted by atomic mass is 9.46. The maximum absolute atomic E-state index is 11.1. The summed E-state index contributed by atoms with van der Waals surface area (Å²) in [7, 11) is 0. The number of rotatable bonds is 5. The lowest BCUT2D eigenvalue weighted by Gasteiger charge is -2.59. The van der Waals surface area contributed by atoms with E-state index in [0.29, 0.717) is 47.8 Å². The summed E-state index contributed by atoms with van der Waals surface area (Å²) in [5.41, 5.74) is 0.452. The molecule has 0 aliphatic heterocycles. The Morgan fingerprint density at radius 1 is 1.10 bits per heavy atom. The highest BCUT2D eigenvalue weighted by Crippen LogP contribution is 2.67. The Bertz CT molecular complexity index is 696. The van der Waals surface area contributed by atoms with Crippen LogP contribution < -0.4 is 0 Å². The highest BCUT2D eigenvalue weighted by molar-refractivity contribution is 5.27. The van der Waals surface area contributed by atoms with Gasteiger partial charge in [0.15, 0.2) is 0 Å². The van der Waals surface area contributed by atoms with Crippen LogP contribution in [0.25, 0.3) is 0 Å². The van der Waals surface area contributed by atoms with Gasteiger partial charge in [-0.25, -0.2) is 0 Å². The van der Waals surface area contributed by atoms with Crippen molar-refractivity contribution in [2.75, 3.05) is 0 Å². The molecule has 0 heterocycles. The van der Waals surface area contributed by atoms with Gasteiger partial charge in [-0.3, -0.25) is 0 Å². The summed E-state index contributed by atoms with van der Waals surface area (Å²) in [6.07, 6.45) is 9.81. The third kappa shape index (κ3) is 3.84. The lowest BCUT2D eigenvalue weighted by Crippen LogP contribution is -2.55. The van der Waals surface area contributed by atoms with Gasteiger partial charge in [0.1, 0.15) is 0 Å². The minimum absolute atomic E-state index is 0.163. The number of fused-ring (bicyclic) bond motifs is 5. The van der Waals surface area contributed by atoms with Gasteiger partial charge in [-0.15, -0.1) is 0 Å². The van der Waals surface area contributed by atoms with Crippen molar-refractivity contribution in [3.63, 3.8) is 0 Å². The molecular formula is C27H46O4. The maximum atomic E-state index is 11.1. The first-order valence-electron chi connectivity index (χ1n) is 12.8. The van der Waals surface area contributed by atoms with Crippen LogP contribution in [-0.4, -0.2) is 44.3 Å². The second kappa shape index (κ2) is 8.11. The lowest BCUT2D eigenvalue weighted by molar-refractivity contribution is -0.108. The van der Waals surface area contributed by atoms with E-state index in [2.05, 4.69) is 26.8 Å². The number of allylic oxidation sites excluding steroid dienone is 1. The first-order chi connectivity index (χ1) is 14.4. The number of aliphatic hydroxyl groups excluding tert-OH is 3. The third-order valence-corrected chi connectivity index (χ3v) is 10.6. The van der Waals surface area contributed by atoms with E-state index in [4.69, 9.17) is 0 Å². The Morgan fingerprint density at radius 2 is 1.81 bits per heavy atom. The van der Waals surface area contributed by atoms with Gasteiger partial charge in [0.05, 0.1) is 23.9 Å². The molecule has 4 nitrogen and oxygen atoms in total. The Kier molecular flexibility index (Phi) is 6.21. The van der Waals surface area contributed by atoms with Crippen molar-refractivity contribution in [1.82, 2.24) is 0 Å². The van der Waals surface area contributed by atoms with E-state index in [1.807, 2.05) is 0 Å². The molecule has 4 aliphatic rings. The van der Waals surface area contributed by atoms with Gasteiger partial charge in [-0.1, -0.05) is 32.4 Å². The molecule has 4 rings (SSSR count). The average molecular weight is 435 g/mol. The molecule has 2 unspecified atom stereocenters. The molecule has 3 fully saturated rings. The molecule has 0 amide bonds. The zero-order valence-electron chi connectivity index (χ0n) is 20.3. The SMILES string of the molecule is C[C@H](CC[C@@H](O)C(C)(C)O)[C@H]1CC[C@H]2[C@@H]3CC=C4CC(O)CC(O)[C@]4(C)[C@H]3CC[C@]12C. The predicted molar refractivity (Wildman–Crippen MR) is 123 cm³/mol. The fourth-order valence-corrected chi connectivity index (χ4v) is 8.65. The summed E-state index contributed by atoms with van der Waals surface area (Å²) < 4.78 is 0. The fraction of sp³-hybridized carbons (Fsp3) is 0.926. The van der Waals surface area contributed by atoms with Crippen molar-refractivity contribution in [1.29, 1.82) is 0 Å². The first kappa shape index (κ1) is 23.7. The van der Waals surface area contributed by atoms with Gasteiger partial charge in [-0.2, -0.15) is 0 Å². The van der Waals surface area contributed by atoms with Gasteiger partial charge in [0.25, 0.3) is 0 Å². The molecule has 0 saturated heterocycles. The number of hydrogen-bond donors (Lipinski definition) is 4. The van der Waals surface area contributed by atoms with Gasteiger partial charge in [0, 0.05) is 11.8 Å². The van der Waals surface area contributed by atoms with Gasteiger partial charge >= 0.3 is 0 Å². The standard InChI is InChI=1S/C27H46O4/c1-16(6-11-23(29)25(2,3)31)20-9-10-21-19-8-7-17-14-18(28)15-24(30)27(17,5)22(19)12-13-26(20,21)4/h7,16,18-24,28-31H,6,8-15H2,1-5H3/t16-,18?,19+,20-,21+,22+,23-,24?,26-,27+/m1/s1. The summed E-state index contributed by atoms with van der Waals surface area (Å²) in [6, 6.07) is 0. The Morgan fingerprint density at radius 3 is 2.48 bits per heavy atom. The molecule has 4 heteroatoms. The van der Waals surface area contributed by atoms with E-state index in [-0.39, 0.29) is 5.41 Å². The van der Waals surface area contributed by atoms with Crippen molar-refractivity contribution in [2.24, 2.45) is 40.4 Å².